The number of ketones is 2. The molecule has 2 heteroatoms. The van der Waals surface area contributed by atoms with Gasteiger partial charge >= 0.3 is 0 Å². The van der Waals surface area contributed by atoms with Crippen molar-refractivity contribution in [3.05, 3.63) is 25.3 Å². The average molecular weight is 321 g/mol. The van der Waals surface area contributed by atoms with Gasteiger partial charge < -0.3 is 0 Å². The lowest BCUT2D eigenvalue weighted by Crippen LogP contribution is -2.07. The number of rotatable bonds is 18. The molecule has 0 aromatic heterocycles. The molecule has 0 aliphatic rings. The van der Waals surface area contributed by atoms with Crippen molar-refractivity contribution in [1.29, 1.82) is 0 Å². The monoisotopic (exact) mass is 320 g/mol. The van der Waals surface area contributed by atoms with E-state index in [0.29, 0.717) is 12.8 Å². The quantitative estimate of drug-likeness (QED) is 0.167. The number of allylic oxidation sites excluding steroid dienone is 2. The first-order chi connectivity index (χ1) is 11.2. The van der Waals surface area contributed by atoms with Gasteiger partial charge in [0.1, 0.15) is 11.6 Å². The molecule has 0 atom stereocenters. The first-order valence-electron chi connectivity index (χ1n) is 9.46. The van der Waals surface area contributed by atoms with Crippen LogP contribution in [0.1, 0.15) is 96.3 Å². The van der Waals surface area contributed by atoms with Crippen molar-refractivity contribution in [2.24, 2.45) is 0 Å². The summed E-state index contributed by atoms with van der Waals surface area (Å²) < 4.78 is 0. The molecule has 0 spiro atoms. The Bertz CT molecular complexity index is 299. The van der Waals surface area contributed by atoms with Crippen LogP contribution in [0.2, 0.25) is 0 Å². The first-order valence-corrected chi connectivity index (χ1v) is 9.46. The number of carbonyl (C=O) groups excluding carboxylic acids is 2. The average Bonchev–Trinajstić information content (AvgIpc) is 2.53. The van der Waals surface area contributed by atoms with Crippen LogP contribution >= 0.6 is 0 Å². The van der Waals surface area contributed by atoms with Crippen LogP contribution in [0.5, 0.6) is 0 Å². The standard InChI is InChI=1S/C21H36O2/c1-3-5-7-9-11-13-15-17-20(22)19-21(23)18-16-14-12-10-8-6-4-2/h3-4H,1-2,5-19H2. The molecule has 0 saturated carbocycles. The van der Waals surface area contributed by atoms with E-state index in [9.17, 15) is 9.59 Å². The highest BCUT2D eigenvalue weighted by Crippen LogP contribution is 2.11. The Morgan fingerprint density at radius 2 is 0.913 bits per heavy atom. The van der Waals surface area contributed by atoms with Crippen molar-refractivity contribution in [1.82, 2.24) is 0 Å². The number of unbranched alkanes of at least 4 members (excludes halogenated alkanes) is 10. The SMILES string of the molecule is C=CCCCCCCCC(=O)CC(=O)CCCCCCCC=C. The fraction of sp³-hybridized carbons (Fsp3) is 0.714. The van der Waals surface area contributed by atoms with Gasteiger partial charge in [-0.15, -0.1) is 13.2 Å². The van der Waals surface area contributed by atoms with Crippen LogP contribution < -0.4 is 0 Å². The summed E-state index contributed by atoms with van der Waals surface area (Å²) in [5, 5.41) is 0. The van der Waals surface area contributed by atoms with Crippen molar-refractivity contribution in [2.45, 2.75) is 96.3 Å². The van der Waals surface area contributed by atoms with E-state index in [-0.39, 0.29) is 18.0 Å². The minimum Gasteiger partial charge on any atom is -0.299 e. The number of Topliss-reactive ketones (excluding diaryl/α,β-unsaturated/α-hetero) is 2. The molecule has 0 bridgehead atoms. The molecule has 0 aliphatic heterocycles. The van der Waals surface area contributed by atoms with Crippen molar-refractivity contribution in [3.63, 3.8) is 0 Å². The van der Waals surface area contributed by atoms with E-state index in [2.05, 4.69) is 13.2 Å². The molecule has 2 nitrogen and oxygen atoms in total. The predicted molar refractivity (Wildman–Crippen MR) is 99.7 cm³/mol. The lowest BCUT2D eigenvalue weighted by atomic mass is 10.0. The molecule has 0 fully saturated rings. The Morgan fingerprint density at radius 1 is 0.565 bits per heavy atom. The van der Waals surface area contributed by atoms with E-state index < -0.39 is 0 Å². The Morgan fingerprint density at radius 3 is 1.30 bits per heavy atom. The molecule has 0 heterocycles. The molecular weight excluding hydrogens is 284 g/mol. The Kier molecular flexibility index (Phi) is 16.3. The minimum absolute atomic E-state index is 0.132. The summed E-state index contributed by atoms with van der Waals surface area (Å²) in [6.45, 7) is 7.42. The molecule has 0 rings (SSSR count). The van der Waals surface area contributed by atoms with Gasteiger partial charge in [0.25, 0.3) is 0 Å². The highest BCUT2D eigenvalue weighted by Gasteiger charge is 2.09. The third-order valence-electron chi connectivity index (χ3n) is 4.12. The second kappa shape index (κ2) is 17.2. The number of carbonyl (C=O) groups is 2. The summed E-state index contributed by atoms with van der Waals surface area (Å²) in [4.78, 5) is 23.5. The smallest absolute Gasteiger partial charge is 0.140 e. The zero-order valence-corrected chi connectivity index (χ0v) is 15.0. The molecule has 0 aromatic carbocycles. The Labute approximate surface area is 143 Å². The van der Waals surface area contributed by atoms with E-state index >= 15 is 0 Å². The summed E-state index contributed by atoms with van der Waals surface area (Å²) in [7, 11) is 0. The number of hydrogen-bond donors (Lipinski definition) is 0. The van der Waals surface area contributed by atoms with Crippen LogP contribution in [-0.2, 0) is 9.59 Å². The van der Waals surface area contributed by atoms with Gasteiger partial charge in [0.2, 0.25) is 0 Å². The molecule has 0 amide bonds. The highest BCUT2D eigenvalue weighted by atomic mass is 16.1. The normalized spacial score (nSPS) is 10.4. The molecule has 0 aliphatic carbocycles. The molecule has 0 unspecified atom stereocenters. The second-order valence-electron chi connectivity index (χ2n) is 6.44. The van der Waals surface area contributed by atoms with Crippen molar-refractivity contribution >= 4 is 11.6 Å². The Hall–Kier alpha value is -1.18. The van der Waals surface area contributed by atoms with Gasteiger partial charge in [0, 0.05) is 12.8 Å². The van der Waals surface area contributed by atoms with E-state index in [1.807, 2.05) is 12.2 Å². The lowest BCUT2D eigenvalue weighted by molar-refractivity contribution is -0.127. The molecule has 0 N–H and O–H groups in total. The maximum Gasteiger partial charge on any atom is 0.140 e. The van der Waals surface area contributed by atoms with Gasteiger partial charge in [-0.25, -0.2) is 0 Å². The summed E-state index contributed by atoms with van der Waals surface area (Å²) >= 11 is 0. The van der Waals surface area contributed by atoms with E-state index in [4.69, 9.17) is 0 Å². The molecule has 0 radical (unpaired) electrons. The maximum absolute atomic E-state index is 11.8. The van der Waals surface area contributed by atoms with Gasteiger partial charge in [-0.05, 0) is 38.5 Å². The zero-order chi connectivity index (χ0) is 17.2. The molecule has 132 valence electrons. The van der Waals surface area contributed by atoms with Crippen LogP contribution in [0, 0.1) is 0 Å². The third-order valence-corrected chi connectivity index (χ3v) is 4.12. The summed E-state index contributed by atoms with van der Waals surface area (Å²) in [5.41, 5.74) is 0. The van der Waals surface area contributed by atoms with Crippen LogP contribution in [0.15, 0.2) is 25.3 Å². The predicted octanol–water partition coefficient (Wildman–Crippen LogP) is 6.35. The summed E-state index contributed by atoms with van der Waals surface area (Å²) in [6.07, 6.45) is 18.6. The van der Waals surface area contributed by atoms with Crippen LogP contribution in [-0.4, -0.2) is 11.6 Å². The van der Waals surface area contributed by atoms with Gasteiger partial charge in [0.15, 0.2) is 0 Å². The van der Waals surface area contributed by atoms with E-state index in [1.54, 1.807) is 0 Å². The molecule has 23 heavy (non-hydrogen) atoms. The second-order valence-corrected chi connectivity index (χ2v) is 6.44. The third kappa shape index (κ3) is 17.0. The van der Waals surface area contributed by atoms with Crippen LogP contribution in [0.4, 0.5) is 0 Å². The first kappa shape index (κ1) is 21.8. The van der Waals surface area contributed by atoms with E-state index in [0.717, 1.165) is 38.5 Å². The largest absolute Gasteiger partial charge is 0.299 e. The van der Waals surface area contributed by atoms with Gasteiger partial charge in [0.05, 0.1) is 6.42 Å². The highest BCUT2D eigenvalue weighted by molar-refractivity contribution is 5.98. The Balaban J connectivity index is 3.39. The van der Waals surface area contributed by atoms with Crippen molar-refractivity contribution in [3.8, 4) is 0 Å². The van der Waals surface area contributed by atoms with E-state index in [1.165, 1.54) is 38.5 Å². The van der Waals surface area contributed by atoms with Crippen molar-refractivity contribution in [2.75, 3.05) is 0 Å². The van der Waals surface area contributed by atoms with Crippen LogP contribution in [0.25, 0.3) is 0 Å². The summed E-state index contributed by atoms with van der Waals surface area (Å²) in [5.74, 6) is 0.263. The zero-order valence-electron chi connectivity index (χ0n) is 15.0. The van der Waals surface area contributed by atoms with Crippen LogP contribution in [0.3, 0.4) is 0 Å². The molecule has 0 saturated heterocycles. The lowest BCUT2D eigenvalue weighted by Gasteiger charge is -2.03. The fourth-order valence-corrected chi connectivity index (χ4v) is 2.68. The minimum atomic E-state index is 0.132. The fourth-order valence-electron chi connectivity index (χ4n) is 2.68. The molecule has 0 aromatic rings. The van der Waals surface area contributed by atoms with Gasteiger partial charge in [-0.3, -0.25) is 9.59 Å². The number of hydrogen-bond acceptors (Lipinski definition) is 2. The summed E-state index contributed by atoms with van der Waals surface area (Å²) in [6, 6.07) is 0. The van der Waals surface area contributed by atoms with Gasteiger partial charge in [-0.2, -0.15) is 0 Å². The molecular formula is C21H36O2. The van der Waals surface area contributed by atoms with Crippen molar-refractivity contribution < 1.29 is 9.59 Å². The maximum atomic E-state index is 11.8. The van der Waals surface area contributed by atoms with Gasteiger partial charge in [-0.1, -0.05) is 50.7 Å². The topological polar surface area (TPSA) is 34.1 Å².